The molecule has 0 fully saturated rings. The highest BCUT2D eigenvalue weighted by atomic mass is 16.5. The number of azo groups is 1. The smallest absolute Gasteiger partial charge is 0.362 e. The van der Waals surface area contributed by atoms with Gasteiger partial charge in [-0.3, -0.25) is 0 Å². The molecule has 1 rings (SSSR count). The van der Waals surface area contributed by atoms with Crippen LogP contribution in [0.2, 0.25) is 0 Å². The summed E-state index contributed by atoms with van der Waals surface area (Å²) in [4.78, 5) is 11.3. The maximum atomic E-state index is 11.3. The van der Waals surface area contributed by atoms with E-state index in [0.29, 0.717) is 17.5 Å². The van der Waals surface area contributed by atoms with E-state index in [1.54, 1.807) is 25.1 Å². The Morgan fingerprint density at radius 3 is 3.00 bits per heavy atom. The molecule has 0 aliphatic carbocycles. The van der Waals surface area contributed by atoms with Crippen LogP contribution in [0.4, 0.5) is 5.69 Å². The summed E-state index contributed by atoms with van der Waals surface area (Å²) in [5.74, 6) is -0.764. The van der Waals surface area contributed by atoms with Gasteiger partial charge < -0.3 is 9.84 Å². The Morgan fingerprint density at radius 2 is 2.39 bits per heavy atom. The number of nitriles is 1. The van der Waals surface area contributed by atoms with Crippen LogP contribution in [0.25, 0.3) is 0 Å². The topological polar surface area (TPSA) is 95.0 Å². The molecule has 1 N–H and O–H groups in total. The number of benzene rings is 1. The first-order chi connectivity index (χ1) is 8.71. The second-order valence-electron chi connectivity index (χ2n) is 3.10. The molecule has 0 aromatic heterocycles. The minimum Gasteiger partial charge on any atom is -0.513 e. The van der Waals surface area contributed by atoms with Crippen LogP contribution in [-0.2, 0) is 9.53 Å². The highest BCUT2D eigenvalue weighted by molar-refractivity contribution is 5.87. The molecule has 0 unspecified atom stereocenters. The highest BCUT2D eigenvalue weighted by Gasteiger charge is 2.09. The van der Waals surface area contributed by atoms with Crippen LogP contribution >= 0.6 is 0 Å². The van der Waals surface area contributed by atoms with Gasteiger partial charge in [-0.05, 0) is 25.1 Å². The summed E-state index contributed by atoms with van der Waals surface area (Å²) in [5, 5.41) is 24.8. The van der Waals surface area contributed by atoms with Crippen molar-refractivity contribution in [1.82, 2.24) is 0 Å². The summed E-state index contributed by atoms with van der Waals surface area (Å²) in [7, 11) is 0. The zero-order valence-electron chi connectivity index (χ0n) is 9.70. The SMILES string of the molecule is CCOC(=O)C(=CO)N=Nc1cccc(C#N)c1. The highest BCUT2D eigenvalue weighted by Crippen LogP contribution is 2.15. The first-order valence-corrected chi connectivity index (χ1v) is 5.14. The third-order valence-corrected chi connectivity index (χ3v) is 1.86. The summed E-state index contributed by atoms with van der Waals surface area (Å²) < 4.78 is 4.65. The number of rotatable bonds is 4. The predicted molar refractivity (Wildman–Crippen MR) is 63.0 cm³/mol. The largest absolute Gasteiger partial charge is 0.513 e. The third kappa shape index (κ3) is 3.72. The van der Waals surface area contributed by atoms with Gasteiger partial charge in [0.25, 0.3) is 0 Å². The maximum absolute atomic E-state index is 11.3. The fourth-order valence-electron chi connectivity index (χ4n) is 1.07. The zero-order chi connectivity index (χ0) is 13.4. The Labute approximate surface area is 104 Å². The van der Waals surface area contributed by atoms with Crippen LogP contribution in [0, 0.1) is 11.3 Å². The lowest BCUT2D eigenvalue weighted by molar-refractivity contribution is -0.138. The van der Waals surface area contributed by atoms with Crippen LogP contribution in [-0.4, -0.2) is 17.7 Å². The van der Waals surface area contributed by atoms with E-state index in [0.717, 1.165) is 0 Å². The normalized spacial score (nSPS) is 11.2. The van der Waals surface area contributed by atoms with E-state index in [4.69, 9.17) is 10.4 Å². The lowest BCUT2D eigenvalue weighted by atomic mass is 10.2. The number of carbonyl (C=O) groups is 1. The molecule has 1 aromatic carbocycles. The van der Waals surface area contributed by atoms with E-state index in [9.17, 15) is 4.79 Å². The van der Waals surface area contributed by atoms with Crippen LogP contribution < -0.4 is 0 Å². The van der Waals surface area contributed by atoms with E-state index in [1.807, 2.05) is 6.07 Å². The van der Waals surface area contributed by atoms with Crippen molar-refractivity contribution in [2.45, 2.75) is 6.92 Å². The Morgan fingerprint density at radius 1 is 1.61 bits per heavy atom. The van der Waals surface area contributed by atoms with Crippen molar-refractivity contribution in [1.29, 1.82) is 5.26 Å². The Hall–Kier alpha value is -2.68. The molecule has 0 bridgehead atoms. The van der Waals surface area contributed by atoms with Gasteiger partial charge in [-0.2, -0.15) is 10.4 Å². The number of hydrogen-bond donors (Lipinski definition) is 1. The second-order valence-corrected chi connectivity index (χ2v) is 3.10. The Kier molecular flexibility index (Phi) is 5.06. The van der Waals surface area contributed by atoms with Crippen molar-refractivity contribution in [2.75, 3.05) is 6.61 Å². The summed E-state index contributed by atoms with van der Waals surface area (Å²) in [6, 6.07) is 8.33. The minimum atomic E-state index is -0.764. The molecule has 18 heavy (non-hydrogen) atoms. The van der Waals surface area contributed by atoms with E-state index >= 15 is 0 Å². The van der Waals surface area contributed by atoms with Crippen molar-refractivity contribution in [3.05, 3.63) is 41.8 Å². The van der Waals surface area contributed by atoms with E-state index in [2.05, 4.69) is 15.0 Å². The molecule has 0 aliphatic heterocycles. The predicted octanol–water partition coefficient (Wildman–Crippen LogP) is 2.60. The first-order valence-electron chi connectivity index (χ1n) is 5.14. The number of nitrogens with zero attached hydrogens (tertiary/aromatic N) is 3. The molecular weight excluding hydrogens is 234 g/mol. The summed E-state index contributed by atoms with van der Waals surface area (Å²) in [6.45, 7) is 1.82. The van der Waals surface area contributed by atoms with Crippen molar-refractivity contribution in [3.63, 3.8) is 0 Å². The van der Waals surface area contributed by atoms with Crippen molar-refractivity contribution < 1.29 is 14.6 Å². The van der Waals surface area contributed by atoms with Gasteiger partial charge in [0.2, 0.25) is 5.70 Å². The van der Waals surface area contributed by atoms with Gasteiger partial charge in [0.1, 0.15) is 6.26 Å². The standard InChI is InChI=1S/C12H11N3O3/c1-2-18-12(17)11(8-16)15-14-10-5-3-4-9(6-10)7-13/h3-6,8,16H,2H2,1H3. The number of hydrogen-bond acceptors (Lipinski definition) is 6. The Bertz CT molecular complexity index is 530. The number of aliphatic hydroxyl groups is 1. The molecule has 0 amide bonds. The second kappa shape index (κ2) is 6.81. The zero-order valence-corrected chi connectivity index (χ0v) is 9.70. The molecule has 0 aliphatic rings. The van der Waals surface area contributed by atoms with Gasteiger partial charge in [0.15, 0.2) is 0 Å². The fourth-order valence-corrected chi connectivity index (χ4v) is 1.07. The van der Waals surface area contributed by atoms with Gasteiger partial charge in [-0.15, -0.1) is 5.11 Å². The lowest BCUT2D eigenvalue weighted by Crippen LogP contribution is -2.05. The quantitative estimate of drug-likeness (QED) is 0.381. The van der Waals surface area contributed by atoms with Crippen LogP contribution in [0.15, 0.2) is 46.5 Å². The minimum absolute atomic E-state index is 0.176. The maximum Gasteiger partial charge on any atom is 0.362 e. The van der Waals surface area contributed by atoms with E-state index in [-0.39, 0.29) is 12.3 Å². The molecule has 6 nitrogen and oxygen atoms in total. The van der Waals surface area contributed by atoms with Gasteiger partial charge in [-0.1, -0.05) is 6.07 Å². The van der Waals surface area contributed by atoms with Gasteiger partial charge in [-0.25, -0.2) is 4.79 Å². The molecule has 0 spiro atoms. The molecular formula is C12H11N3O3. The van der Waals surface area contributed by atoms with Crippen LogP contribution in [0.3, 0.4) is 0 Å². The van der Waals surface area contributed by atoms with Crippen LogP contribution in [0.5, 0.6) is 0 Å². The van der Waals surface area contributed by atoms with E-state index in [1.165, 1.54) is 6.07 Å². The molecule has 0 atom stereocenters. The summed E-state index contributed by atoms with van der Waals surface area (Å²) in [5.41, 5.74) is 0.522. The molecule has 92 valence electrons. The van der Waals surface area contributed by atoms with Crippen molar-refractivity contribution in [3.8, 4) is 6.07 Å². The average Bonchev–Trinajstić information content (AvgIpc) is 2.40. The number of aliphatic hydroxyl groups excluding tert-OH is 1. The molecule has 0 saturated carbocycles. The number of carbonyl (C=O) groups excluding carboxylic acids is 1. The van der Waals surface area contributed by atoms with Crippen molar-refractivity contribution >= 4 is 11.7 Å². The lowest BCUT2D eigenvalue weighted by Gasteiger charge is -1.99. The molecule has 0 saturated heterocycles. The van der Waals surface area contributed by atoms with Crippen molar-refractivity contribution in [2.24, 2.45) is 10.2 Å². The number of ether oxygens (including phenoxy) is 1. The van der Waals surface area contributed by atoms with Gasteiger partial charge >= 0.3 is 5.97 Å². The van der Waals surface area contributed by atoms with E-state index < -0.39 is 5.97 Å². The molecule has 6 heteroatoms. The fraction of sp³-hybridized carbons (Fsp3) is 0.167. The number of esters is 1. The average molecular weight is 245 g/mol. The molecule has 0 heterocycles. The molecule has 0 radical (unpaired) electrons. The molecule has 1 aromatic rings. The summed E-state index contributed by atoms with van der Waals surface area (Å²) in [6.07, 6.45) is 0.523. The third-order valence-electron chi connectivity index (χ3n) is 1.86. The Balaban J connectivity index is 2.85. The monoisotopic (exact) mass is 245 g/mol. The van der Waals surface area contributed by atoms with Crippen LogP contribution in [0.1, 0.15) is 12.5 Å². The van der Waals surface area contributed by atoms with Gasteiger partial charge in [0.05, 0.1) is 23.9 Å². The summed E-state index contributed by atoms with van der Waals surface area (Å²) >= 11 is 0. The van der Waals surface area contributed by atoms with Gasteiger partial charge in [0, 0.05) is 0 Å². The first kappa shape index (κ1) is 13.4.